The molecule has 1 saturated heterocycles. The van der Waals surface area contributed by atoms with E-state index in [1.165, 1.54) is 12.3 Å². The lowest BCUT2D eigenvalue weighted by Gasteiger charge is -2.19. The summed E-state index contributed by atoms with van der Waals surface area (Å²) in [6, 6.07) is 11.4. The summed E-state index contributed by atoms with van der Waals surface area (Å²) in [6.45, 7) is 0.626. The van der Waals surface area contributed by atoms with Gasteiger partial charge in [-0.2, -0.15) is 5.26 Å². The highest BCUT2D eigenvalue weighted by molar-refractivity contribution is 6.07. The third kappa shape index (κ3) is 4.91. The Bertz CT molecular complexity index is 1320. The number of hydrogen-bond acceptors (Lipinski definition) is 5. The van der Waals surface area contributed by atoms with Crippen molar-refractivity contribution in [3.8, 4) is 6.07 Å². The van der Waals surface area contributed by atoms with Gasteiger partial charge in [-0.1, -0.05) is 12.1 Å². The average molecular weight is 461 g/mol. The predicted octanol–water partition coefficient (Wildman–Crippen LogP) is 3.68. The Hall–Kier alpha value is -4.19. The van der Waals surface area contributed by atoms with Crippen LogP contribution in [0.1, 0.15) is 34.8 Å². The number of nitrogens with zero attached hydrogens (tertiary/aromatic N) is 4. The van der Waals surface area contributed by atoms with E-state index in [4.69, 9.17) is 5.26 Å². The number of rotatable bonds is 5. The van der Waals surface area contributed by atoms with Crippen LogP contribution in [0.5, 0.6) is 0 Å². The van der Waals surface area contributed by atoms with Crippen molar-refractivity contribution < 1.29 is 18.4 Å². The lowest BCUT2D eigenvalue weighted by molar-refractivity contribution is -0.131. The van der Waals surface area contributed by atoms with Crippen LogP contribution in [0.4, 0.5) is 8.78 Å². The Balaban J connectivity index is 1.54. The Labute approximate surface area is 194 Å². The van der Waals surface area contributed by atoms with Crippen molar-refractivity contribution in [1.82, 2.24) is 20.2 Å². The second-order valence-electron chi connectivity index (χ2n) is 8.11. The maximum Gasteiger partial charge on any atom is 0.268 e. The zero-order valence-electron chi connectivity index (χ0n) is 18.3. The summed E-state index contributed by atoms with van der Waals surface area (Å²) >= 11 is 0. The SMILES string of the molecule is C/C(=C\c1cccnc1)c1ccc2nccc(C(=O)NCC(=O)N3CC(F)(F)C[C@H]3C#N)c2c1. The molecule has 3 aromatic rings. The van der Waals surface area contributed by atoms with Crippen LogP contribution in [0.3, 0.4) is 0 Å². The standard InChI is InChI=1S/C25H21F2N5O2/c1-16(9-17-3-2-7-29-13-17)18-4-5-22-21(10-18)20(6-8-30-22)24(34)31-14-23(33)32-15-25(26,27)11-19(32)12-28/h2-10,13,19H,11,14-15H2,1H3,(H,31,34)/b16-9+/t19-/m0/s1. The molecule has 0 aliphatic carbocycles. The summed E-state index contributed by atoms with van der Waals surface area (Å²) in [7, 11) is 0. The highest BCUT2D eigenvalue weighted by Gasteiger charge is 2.47. The lowest BCUT2D eigenvalue weighted by Crippen LogP contribution is -2.43. The molecule has 1 aromatic carbocycles. The number of alkyl halides is 2. The predicted molar refractivity (Wildman–Crippen MR) is 123 cm³/mol. The molecule has 1 fully saturated rings. The molecule has 1 aliphatic rings. The molecule has 2 amide bonds. The smallest absolute Gasteiger partial charge is 0.268 e. The van der Waals surface area contributed by atoms with E-state index in [0.717, 1.165) is 21.6 Å². The van der Waals surface area contributed by atoms with E-state index in [-0.39, 0.29) is 0 Å². The second kappa shape index (κ2) is 9.35. The molecule has 9 heteroatoms. The molecule has 1 N–H and O–H groups in total. The number of carbonyl (C=O) groups excluding carboxylic acids is 2. The van der Waals surface area contributed by atoms with E-state index in [9.17, 15) is 18.4 Å². The van der Waals surface area contributed by atoms with Gasteiger partial charge >= 0.3 is 0 Å². The minimum absolute atomic E-state index is 0.303. The molecule has 0 radical (unpaired) electrons. The Morgan fingerprint density at radius 2 is 2.12 bits per heavy atom. The van der Waals surface area contributed by atoms with Crippen LogP contribution in [0, 0.1) is 11.3 Å². The van der Waals surface area contributed by atoms with Crippen molar-refractivity contribution in [2.24, 2.45) is 0 Å². The van der Waals surface area contributed by atoms with Gasteiger partial charge in [0.05, 0.1) is 30.2 Å². The first-order chi connectivity index (χ1) is 16.3. The average Bonchev–Trinajstić information content (AvgIpc) is 3.16. The quantitative estimate of drug-likeness (QED) is 0.625. The highest BCUT2D eigenvalue weighted by atomic mass is 19.3. The summed E-state index contributed by atoms with van der Waals surface area (Å²) in [5.74, 6) is -4.38. The Morgan fingerprint density at radius 3 is 2.85 bits per heavy atom. The maximum atomic E-state index is 13.6. The Kier molecular flexibility index (Phi) is 6.32. The highest BCUT2D eigenvalue weighted by Crippen LogP contribution is 2.31. The molecule has 4 rings (SSSR count). The monoisotopic (exact) mass is 461 g/mol. The zero-order chi connectivity index (χ0) is 24.3. The van der Waals surface area contributed by atoms with Crippen LogP contribution in [0.2, 0.25) is 0 Å². The largest absolute Gasteiger partial charge is 0.343 e. The van der Waals surface area contributed by atoms with Gasteiger partial charge in [-0.25, -0.2) is 8.78 Å². The number of nitriles is 1. The number of carbonyl (C=O) groups is 2. The van der Waals surface area contributed by atoms with Gasteiger partial charge in [0.1, 0.15) is 6.04 Å². The molecule has 0 spiro atoms. The molecule has 0 bridgehead atoms. The molecule has 172 valence electrons. The summed E-state index contributed by atoms with van der Waals surface area (Å²) in [4.78, 5) is 34.5. The molecule has 0 saturated carbocycles. The number of aromatic nitrogens is 2. The number of allylic oxidation sites excluding steroid dienone is 1. The van der Waals surface area contributed by atoms with Crippen LogP contribution >= 0.6 is 0 Å². The van der Waals surface area contributed by atoms with E-state index in [0.29, 0.717) is 16.5 Å². The van der Waals surface area contributed by atoms with Crippen LogP contribution < -0.4 is 5.32 Å². The second-order valence-corrected chi connectivity index (χ2v) is 8.11. The van der Waals surface area contributed by atoms with Gasteiger partial charge in [0.2, 0.25) is 5.91 Å². The fourth-order valence-corrected chi connectivity index (χ4v) is 3.93. The molecule has 1 atom stereocenters. The molecule has 1 aliphatic heterocycles. The fourth-order valence-electron chi connectivity index (χ4n) is 3.93. The number of hydrogen-bond donors (Lipinski definition) is 1. The van der Waals surface area contributed by atoms with Gasteiger partial charge < -0.3 is 10.2 Å². The van der Waals surface area contributed by atoms with Gasteiger partial charge in [0.15, 0.2) is 0 Å². The van der Waals surface area contributed by atoms with Gasteiger partial charge in [-0.15, -0.1) is 0 Å². The minimum atomic E-state index is -3.11. The van der Waals surface area contributed by atoms with E-state index < -0.39 is 43.3 Å². The van der Waals surface area contributed by atoms with Crippen molar-refractivity contribution in [2.75, 3.05) is 13.1 Å². The van der Waals surface area contributed by atoms with Crippen molar-refractivity contribution in [1.29, 1.82) is 5.26 Å². The Morgan fingerprint density at radius 1 is 1.29 bits per heavy atom. The third-order valence-electron chi connectivity index (χ3n) is 5.65. The van der Waals surface area contributed by atoms with Gasteiger partial charge in [0, 0.05) is 30.4 Å². The van der Waals surface area contributed by atoms with Crippen LogP contribution in [-0.4, -0.2) is 51.7 Å². The third-order valence-corrected chi connectivity index (χ3v) is 5.65. The van der Waals surface area contributed by atoms with Crippen molar-refractivity contribution in [3.05, 3.63) is 71.7 Å². The number of amides is 2. The first-order valence-electron chi connectivity index (χ1n) is 10.6. The molecular weight excluding hydrogens is 440 g/mol. The minimum Gasteiger partial charge on any atom is -0.343 e. The molecule has 34 heavy (non-hydrogen) atoms. The normalized spacial score (nSPS) is 17.4. The van der Waals surface area contributed by atoms with Gasteiger partial charge in [-0.05, 0) is 54.0 Å². The van der Waals surface area contributed by atoms with Crippen LogP contribution in [0.15, 0.2) is 55.0 Å². The summed E-state index contributed by atoms with van der Waals surface area (Å²) in [6.07, 6.45) is 6.20. The first-order valence-corrected chi connectivity index (χ1v) is 10.6. The molecule has 2 aromatic heterocycles. The van der Waals surface area contributed by atoms with E-state index in [1.807, 2.05) is 37.3 Å². The number of halogens is 2. The van der Waals surface area contributed by atoms with E-state index in [2.05, 4.69) is 15.3 Å². The van der Waals surface area contributed by atoms with Crippen molar-refractivity contribution in [2.45, 2.75) is 25.3 Å². The number of nitrogens with one attached hydrogen (secondary N) is 1. The molecule has 7 nitrogen and oxygen atoms in total. The van der Waals surface area contributed by atoms with Gasteiger partial charge in [-0.3, -0.25) is 19.6 Å². The van der Waals surface area contributed by atoms with Crippen LogP contribution in [-0.2, 0) is 4.79 Å². The number of likely N-dealkylation sites (tertiary alicyclic amines) is 1. The topological polar surface area (TPSA) is 99.0 Å². The molecule has 3 heterocycles. The zero-order valence-corrected chi connectivity index (χ0v) is 18.3. The van der Waals surface area contributed by atoms with E-state index in [1.54, 1.807) is 24.5 Å². The number of pyridine rings is 2. The molecular formula is C25H21F2N5O2. The van der Waals surface area contributed by atoms with Crippen molar-refractivity contribution >= 4 is 34.4 Å². The molecule has 0 unspecified atom stereocenters. The van der Waals surface area contributed by atoms with Crippen LogP contribution in [0.25, 0.3) is 22.6 Å². The van der Waals surface area contributed by atoms with Gasteiger partial charge in [0.25, 0.3) is 11.8 Å². The lowest BCUT2D eigenvalue weighted by atomic mass is 10.00. The summed E-state index contributed by atoms with van der Waals surface area (Å²) < 4.78 is 27.2. The first kappa shape index (κ1) is 23.0. The fraction of sp³-hybridized carbons (Fsp3) is 0.240. The summed E-state index contributed by atoms with van der Waals surface area (Å²) in [5.41, 5.74) is 3.67. The summed E-state index contributed by atoms with van der Waals surface area (Å²) in [5, 5.41) is 12.2. The maximum absolute atomic E-state index is 13.6. The van der Waals surface area contributed by atoms with Crippen molar-refractivity contribution in [3.63, 3.8) is 0 Å². The van der Waals surface area contributed by atoms with E-state index >= 15 is 0 Å². The number of fused-ring (bicyclic) bond motifs is 1. The number of benzene rings is 1.